The highest BCUT2D eigenvalue weighted by molar-refractivity contribution is 5.80. The first-order valence-electron chi connectivity index (χ1n) is 8.85. The van der Waals surface area contributed by atoms with Gasteiger partial charge in [-0.2, -0.15) is 0 Å². The molecule has 2 fully saturated rings. The van der Waals surface area contributed by atoms with Crippen molar-refractivity contribution in [3.8, 4) is 0 Å². The number of guanidine groups is 1. The van der Waals surface area contributed by atoms with E-state index in [2.05, 4.69) is 24.5 Å². The lowest BCUT2D eigenvalue weighted by molar-refractivity contribution is -0.149. The molecule has 2 aliphatic rings. The molecule has 1 aliphatic heterocycles. The molecular weight excluding hydrogens is 294 g/mol. The van der Waals surface area contributed by atoms with Gasteiger partial charge in [0.25, 0.3) is 0 Å². The molecule has 1 saturated heterocycles. The Balaban J connectivity index is 1.79. The van der Waals surface area contributed by atoms with E-state index in [4.69, 9.17) is 14.5 Å². The fourth-order valence-corrected chi connectivity index (χ4v) is 3.06. The summed E-state index contributed by atoms with van der Waals surface area (Å²) in [6.07, 6.45) is 3.74. The minimum atomic E-state index is -0.0376. The third-order valence-electron chi connectivity index (χ3n) is 4.55. The predicted octanol–water partition coefficient (Wildman–Crippen LogP) is 1.70. The number of hydrogen-bond donors (Lipinski definition) is 2. The van der Waals surface area contributed by atoms with Crippen LogP contribution >= 0.6 is 0 Å². The van der Waals surface area contributed by atoms with Gasteiger partial charge in [0.05, 0.1) is 32.3 Å². The zero-order valence-electron chi connectivity index (χ0n) is 14.7. The van der Waals surface area contributed by atoms with Crippen molar-refractivity contribution in [1.82, 2.24) is 10.6 Å². The second-order valence-corrected chi connectivity index (χ2v) is 6.94. The van der Waals surface area contributed by atoms with Crippen LogP contribution in [-0.4, -0.2) is 50.9 Å². The summed E-state index contributed by atoms with van der Waals surface area (Å²) in [7, 11) is 0. The quantitative estimate of drug-likeness (QED) is 0.442. The summed E-state index contributed by atoms with van der Waals surface area (Å²) in [4.78, 5) is 16.5. The predicted molar refractivity (Wildman–Crippen MR) is 90.4 cm³/mol. The summed E-state index contributed by atoms with van der Waals surface area (Å²) in [6.45, 7) is 9.81. The Bertz CT molecular complexity index is 413. The number of carbonyl (C=O) groups excluding carboxylic acids is 1. The second-order valence-electron chi connectivity index (χ2n) is 6.94. The number of aliphatic imine (C=N–C) groups is 1. The Morgan fingerprint density at radius 3 is 2.48 bits per heavy atom. The molecule has 0 radical (unpaired) electrons. The van der Waals surface area contributed by atoms with Gasteiger partial charge in [-0.25, -0.2) is 0 Å². The molecule has 0 spiro atoms. The molecule has 1 saturated carbocycles. The number of nitrogens with zero attached hydrogens (tertiary/aromatic N) is 1. The zero-order valence-corrected chi connectivity index (χ0v) is 14.7. The molecule has 0 atom stereocenters. The van der Waals surface area contributed by atoms with Crippen LogP contribution in [0.1, 0.15) is 46.5 Å². The normalized spacial score (nSPS) is 27.0. The maximum atomic E-state index is 11.8. The lowest BCUT2D eigenvalue weighted by Crippen LogP contribution is -2.47. The third kappa shape index (κ3) is 5.37. The van der Waals surface area contributed by atoms with Crippen molar-refractivity contribution in [2.45, 2.75) is 52.5 Å². The Labute approximate surface area is 139 Å². The summed E-state index contributed by atoms with van der Waals surface area (Å²) in [6, 6.07) is 0.379. The van der Waals surface area contributed by atoms with Crippen LogP contribution in [0.25, 0.3) is 0 Å². The second kappa shape index (κ2) is 8.52. The van der Waals surface area contributed by atoms with E-state index in [1.165, 1.54) is 0 Å². The van der Waals surface area contributed by atoms with Crippen molar-refractivity contribution >= 4 is 11.9 Å². The number of ether oxygens (including phenoxy) is 2. The van der Waals surface area contributed by atoms with Crippen LogP contribution in [0.4, 0.5) is 0 Å². The lowest BCUT2D eigenvalue weighted by Gasteiger charge is -2.37. The van der Waals surface area contributed by atoms with Crippen molar-refractivity contribution < 1.29 is 14.3 Å². The van der Waals surface area contributed by atoms with Crippen LogP contribution in [-0.2, 0) is 14.3 Å². The largest absolute Gasteiger partial charge is 0.466 e. The van der Waals surface area contributed by atoms with Gasteiger partial charge >= 0.3 is 5.97 Å². The fraction of sp³-hybridized carbons (Fsp3) is 0.882. The molecule has 6 nitrogen and oxygen atoms in total. The topological polar surface area (TPSA) is 72.0 Å². The fourth-order valence-electron chi connectivity index (χ4n) is 3.06. The maximum absolute atomic E-state index is 11.8. The van der Waals surface area contributed by atoms with E-state index in [1.807, 2.05) is 6.92 Å². The van der Waals surface area contributed by atoms with Crippen LogP contribution in [0, 0.1) is 11.3 Å². The number of esters is 1. The molecule has 0 bridgehead atoms. The van der Waals surface area contributed by atoms with Crippen molar-refractivity contribution in [1.29, 1.82) is 0 Å². The minimum absolute atomic E-state index is 0.0376. The highest BCUT2D eigenvalue weighted by Gasteiger charge is 2.33. The summed E-state index contributed by atoms with van der Waals surface area (Å²) in [5.41, 5.74) is 0.184. The standard InChI is InChI=1S/C17H31N3O3/c1-4-18-16(19-10-17(3)11-22-12-17)20-14-8-6-13(7-9-14)15(21)23-5-2/h13-14H,4-12H2,1-3H3,(H2,18,19,20). The first-order valence-corrected chi connectivity index (χ1v) is 8.85. The highest BCUT2D eigenvalue weighted by atomic mass is 16.5. The number of hydrogen-bond acceptors (Lipinski definition) is 4. The van der Waals surface area contributed by atoms with E-state index < -0.39 is 0 Å². The van der Waals surface area contributed by atoms with Gasteiger partial charge in [0.2, 0.25) is 0 Å². The summed E-state index contributed by atoms with van der Waals surface area (Å²) in [5, 5.41) is 6.83. The zero-order chi connectivity index (χ0) is 16.7. The monoisotopic (exact) mass is 325 g/mol. The number of nitrogens with one attached hydrogen (secondary N) is 2. The number of carbonyl (C=O) groups is 1. The van der Waals surface area contributed by atoms with Crippen LogP contribution in [0.15, 0.2) is 4.99 Å². The Hall–Kier alpha value is -1.30. The molecule has 23 heavy (non-hydrogen) atoms. The van der Waals surface area contributed by atoms with Gasteiger partial charge in [-0.1, -0.05) is 6.92 Å². The highest BCUT2D eigenvalue weighted by Crippen LogP contribution is 2.27. The Morgan fingerprint density at radius 2 is 1.96 bits per heavy atom. The van der Waals surface area contributed by atoms with Crippen molar-refractivity contribution in [2.24, 2.45) is 16.3 Å². The average Bonchev–Trinajstić information content (AvgIpc) is 2.52. The maximum Gasteiger partial charge on any atom is 0.308 e. The molecular formula is C17H31N3O3. The van der Waals surface area contributed by atoms with E-state index in [0.717, 1.165) is 57.9 Å². The van der Waals surface area contributed by atoms with E-state index >= 15 is 0 Å². The van der Waals surface area contributed by atoms with Gasteiger partial charge < -0.3 is 20.1 Å². The van der Waals surface area contributed by atoms with Gasteiger partial charge in [-0.05, 0) is 39.5 Å². The van der Waals surface area contributed by atoms with Crippen LogP contribution in [0.5, 0.6) is 0 Å². The summed E-state index contributed by atoms with van der Waals surface area (Å²) in [5.74, 6) is 0.906. The first kappa shape index (κ1) is 18.0. The lowest BCUT2D eigenvalue weighted by atomic mass is 9.86. The summed E-state index contributed by atoms with van der Waals surface area (Å²) < 4.78 is 10.4. The van der Waals surface area contributed by atoms with Crippen LogP contribution < -0.4 is 10.6 Å². The van der Waals surface area contributed by atoms with E-state index in [-0.39, 0.29) is 17.3 Å². The minimum Gasteiger partial charge on any atom is -0.466 e. The number of rotatable bonds is 6. The Morgan fingerprint density at radius 1 is 1.26 bits per heavy atom. The Kier molecular flexibility index (Phi) is 6.69. The van der Waals surface area contributed by atoms with Crippen LogP contribution in [0.2, 0.25) is 0 Å². The molecule has 2 rings (SSSR count). The van der Waals surface area contributed by atoms with Crippen LogP contribution in [0.3, 0.4) is 0 Å². The molecule has 0 aromatic carbocycles. The van der Waals surface area contributed by atoms with Gasteiger partial charge in [-0.3, -0.25) is 9.79 Å². The van der Waals surface area contributed by atoms with Crippen molar-refractivity contribution in [2.75, 3.05) is 32.9 Å². The van der Waals surface area contributed by atoms with Gasteiger partial charge in [0.15, 0.2) is 5.96 Å². The SMILES string of the molecule is CCNC(=NCC1(C)COC1)NC1CCC(C(=O)OCC)CC1. The molecule has 1 heterocycles. The average molecular weight is 325 g/mol. The first-order chi connectivity index (χ1) is 11.1. The smallest absolute Gasteiger partial charge is 0.308 e. The van der Waals surface area contributed by atoms with Crippen molar-refractivity contribution in [3.05, 3.63) is 0 Å². The van der Waals surface area contributed by atoms with Gasteiger partial charge in [0, 0.05) is 18.0 Å². The van der Waals surface area contributed by atoms with E-state index in [0.29, 0.717) is 12.6 Å². The van der Waals surface area contributed by atoms with E-state index in [1.54, 1.807) is 0 Å². The van der Waals surface area contributed by atoms with Gasteiger partial charge in [-0.15, -0.1) is 0 Å². The molecule has 132 valence electrons. The molecule has 0 amide bonds. The molecule has 0 unspecified atom stereocenters. The summed E-state index contributed by atoms with van der Waals surface area (Å²) >= 11 is 0. The third-order valence-corrected chi connectivity index (χ3v) is 4.55. The molecule has 2 N–H and O–H groups in total. The molecule has 1 aliphatic carbocycles. The molecule has 6 heteroatoms. The van der Waals surface area contributed by atoms with Gasteiger partial charge in [0.1, 0.15) is 0 Å². The molecule has 0 aromatic rings. The van der Waals surface area contributed by atoms with E-state index in [9.17, 15) is 4.79 Å². The van der Waals surface area contributed by atoms with Crippen molar-refractivity contribution in [3.63, 3.8) is 0 Å². The molecule has 0 aromatic heterocycles.